The van der Waals surface area contributed by atoms with Gasteiger partial charge in [0, 0.05) is 11.3 Å². The highest BCUT2D eigenvalue weighted by Gasteiger charge is 2.24. The lowest BCUT2D eigenvalue weighted by atomic mass is 9.81. The smallest absolute Gasteiger partial charge is 0.0516 e. The van der Waals surface area contributed by atoms with E-state index in [0.29, 0.717) is 12.0 Å². The molecule has 0 saturated carbocycles. The maximum atomic E-state index is 5.47. The number of terminal acetylenes is 1. The topological polar surface area (TPSA) is 12.0 Å². The van der Waals surface area contributed by atoms with Crippen LogP contribution in [-0.2, 0) is 0 Å². The van der Waals surface area contributed by atoms with Crippen molar-refractivity contribution in [1.82, 2.24) is 0 Å². The molecule has 0 amide bonds. The number of fused-ring (bicyclic) bond motifs is 1. The standard InChI is InChI=1S/C19H19N/c1-3-15-7-6-8-16(13-15)20-19-12-11-14(2)17-9-4-5-10-18(17)19/h1,4-10,13-14,19-20H,11-12H2,2H3. The third-order valence-corrected chi connectivity index (χ3v) is 4.16. The molecule has 0 spiro atoms. The highest BCUT2D eigenvalue weighted by atomic mass is 14.9. The molecule has 20 heavy (non-hydrogen) atoms. The number of hydrogen-bond donors (Lipinski definition) is 1. The molecule has 2 atom stereocenters. The first kappa shape index (κ1) is 12.8. The molecule has 1 nitrogen and oxygen atoms in total. The van der Waals surface area contributed by atoms with Crippen LogP contribution < -0.4 is 5.32 Å². The zero-order valence-electron chi connectivity index (χ0n) is 11.8. The Morgan fingerprint density at radius 1 is 1.05 bits per heavy atom. The minimum atomic E-state index is 0.385. The molecule has 0 heterocycles. The Balaban J connectivity index is 1.89. The van der Waals surface area contributed by atoms with E-state index >= 15 is 0 Å². The maximum Gasteiger partial charge on any atom is 0.0516 e. The molecule has 2 aromatic carbocycles. The molecule has 2 unspecified atom stereocenters. The fourth-order valence-electron chi connectivity index (χ4n) is 3.05. The summed E-state index contributed by atoms with van der Waals surface area (Å²) in [5.41, 5.74) is 4.93. The van der Waals surface area contributed by atoms with Gasteiger partial charge in [0.05, 0.1) is 6.04 Å². The van der Waals surface area contributed by atoms with E-state index in [1.54, 1.807) is 0 Å². The van der Waals surface area contributed by atoms with Crippen molar-refractivity contribution in [2.75, 3.05) is 5.32 Å². The van der Waals surface area contributed by atoms with Gasteiger partial charge in [0.25, 0.3) is 0 Å². The number of rotatable bonds is 2. The van der Waals surface area contributed by atoms with Gasteiger partial charge in [-0.15, -0.1) is 6.42 Å². The van der Waals surface area contributed by atoms with Gasteiger partial charge in [0.15, 0.2) is 0 Å². The Kier molecular flexibility index (Phi) is 3.48. The summed E-state index contributed by atoms with van der Waals surface area (Å²) in [6.45, 7) is 2.31. The summed E-state index contributed by atoms with van der Waals surface area (Å²) in [6.07, 6.45) is 7.86. The van der Waals surface area contributed by atoms with Crippen LogP contribution in [0.3, 0.4) is 0 Å². The van der Waals surface area contributed by atoms with Gasteiger partial charge in [-0.2, -0.15) is 0 Å². The molecule has 0 fully saturated rings. The zero-order chi connectivity index (χ0) is 13.9. The maximum absolute atomic E-state index is 5.47. The molecule has 1 heteroatoms. The third-order valence-electron chi connectivity index (χ3n) is 4.16. The van der Waals surface area contributed by atoms with Crippen molar-refractivity contribution in [2.45, 2.75) is 31.7 Å². The molecule has 100 valence electrons. The molecule has 0 aliphatic heterocycles. The van der Waals surface area contributed by atoms with Crippen LogP contribution >= 0.6 is 0 Å². The Labute approximate surface area is 121 Å². The van der Waals surface area contributed by atoms with Gasteiger partial charge in [-0.3, -0.25) is 0 Å². The van der Waals surface area contributed by atoms with Crippen LogP contribution in [-0.4, -0.2) is 0 Å². The second kappa shape index (κ2) is 5.43. The first-order chi connectivity index (χ1) is 9.78. The lowest BCUT2D eigenvalue weighted by molar-refractivity contribution is 0.534. The van der Waals surface area contributed by atoms with Crippen LogP contribution in [0.15, 0.2) is 48.5 Å². The number of nitrogens with one attached hydrogen (secondary N) is 1. The molecule has 0 bridgehead atoms. The van der Waals surface area contributed by atoms with Crippen LogP contribution in [0.5, 0.6) is 0 Å². The van der Waals surface area contributed by atoms with Crippen molar-refractivity contribution in [1.29, 1.82) is 0 Å². The molecule has 0 radical (unpaired) electrons. The summed E-state index contributed by atoms with van der Waals surface area (Å²) < 4.78 is 0. The lowest BCUT2D eigenvalue weighted by Crippen LogP contribution is -2.19. The monoisotopic (exact) mass is 261 g/mol. The number of hydrogen-bond acceptors (Lipinski definition) is 1. The van der Waals surface area contributed by atoms with Gasteiger partial charge < -0.3 is 5.32 Å². The zero-order valence-corrected chi connectivity index (χ0v) is 11.8. The van der Waals surface area contributed by atoms with Crippen LogP contribution in [0.4, 0.5) is 5.69 Å². The van der Waals surface area contributed by atoms with Gasteiger partial charge in [-0.05, 0) is 48.1 Å². The molecule has 1 N–H and O–H groups in total. The van der Waals surface area contributed by atoms with Crippen LogP contribution in [0.1, 0.15) is 48.4 Å². The highest BCUT2D eigenvalue weighted by Crippen LogP contribution is 2.38. The van der Waals surface area contributed by atoms with Gasteiger partial charge in [-0.25, -0.2) is 0 Å². The number of benzene rings is 2. The van der Waals surface area contributed by atoms with E-state index in [1.165, 1.54) is 24.0 Å². The average Bonchev–Trinajstić information content (AvgIpc) is 2.51. The summed E-state index contributed by atoms with van der Waals surface area (Å²) in [5, 5.41) is 3.64. The quantitative estimate of drug-likeness (QED) is 0.771. The van der Waals surface area contributed by atoms with Crippen molar-refractivity contribution in [2.24, 2.45) is 0 Å². The van der Waals surface area contributed by atoms with Crippen LogP contribution in [0.25, 0.3) is 0 Å². The van der Waals surface area contributed by atoms with E-state index in [4.69, 9.17) is 6.42 Å². The molecule has 0 saturated heterocycles. The second-order valence-electron chi connectivity index (χ2n) is 5.53. The largest absolute Gasteiger partial charge is 0.378 e. The predicted molar refractivity (Wildman–Crippen MR) is 84.8 cm³/mol. The lowest BCUT2D eigenvalue weighted by Gasteiger charge is -2.31. The Bertz CT molecular complexity index is 651. The Morgan fingerprint density at radius 3 is 2.65 bits per heavy atom. The summed E-state index contributed by atoms with van der Waals surface area (Å²) in [4.78, 5) is 0. The normalized spacial score (nSPS) is 20.8. The summed E-state index contributed by atoms with van der Waals surface area (Å²) >= 11 is 0. The van der Waals surface area contributed by atoms with Gasteiger partial charge in [0.2, 0.25) is 0 Å². The van der Waals surface area contributed by atoms with Crippen LogP contribution in [0, 0.1) is 12.3 Å². The summed E-state index contributed by atoms with van der Waals surface area (Å²) in [7, 11) is 0. The molecule has 3 rings (SSSR count). The Morgan fingerprint density at radius 2 is 1.85 bits per heavy atom. The van der Waals surface area contributed by atoms with Crippen molar-refractivity contribution < 1.29 is 0 Å². The minimum absolute atomic E-state index is 0.385. The van der Waals surface area contributed by atoms with Crippen molar-refractivity contribution >= 4 is 5.69 Å². The molecule has 1 aliphatic rings. The van der Waals surface area contributed by atoms with Gasteiger partial charge >= 0.3 is 0 Å². The van der Waals surface area contributed by atoms with Gasteiger partial charge in [-0.1, -0.05) is 43.2 Å². The molecule has 0 aromatic heterocycles. The third kappa shape index (κ3) is 2.42. The van der Waals surface area contributed by atoms with E-state index in [1.807, 2.05) is 18.2 Å². The van der Waals surface area contributed by atoms with Crippen molar-refractivity contribution in [3.8, 4) is 12.3 Å². The van der Waals surface area contributed by atoms with E-state index < -0.39 is 0 Å². The molecule has 1 aliphatic carbocycles. The summed E-state index contributed by atoms with van der Waals surface area (Å²) in [6, 6.07) is 17.2. The van der Waals surface area contributed by atoms with Gasteiger partial charge in [0.1, 0.15) is 0 Å². The predicted octanol–water partition coefficient (Wildman–Crippen LogP) is 4.72. The van der Waals surface area contributed by atoms with E-state index in [2.05, 4.69) is 48.5 Å². The average molecular weight is 261 g/mol. The fourth-order valence-corrected chi connectivity index (χ4v) is 3.05. The first-order valence-electron chi connectivity index (χ1n) is 7.20. The number of anilines is 1. The second-order valence-corrected chi connectivity index (χ2v) is 5.53. The first-order valence-corrected chi connectivity index (χ1v) is 7.20. The van der Waals surface area contributed by atoms with E-state index in [9.17, 15) is 0 Å². The molecular weight excluding hydrogens is 242 g/mol. The van der Waals surface area contributed by atoms with E-state index in [0.717, 1.165) is 11.3 Å². The molecule has 2 aromatic rings. The van der Waals surface area contributed by atoms with Crippen molar-refractivity contribution in [3.63, 3.8) is 0 Å². The van der Waals surface area contributed by atoms with E-state index in [-0.39, 0.29) is 0 Å². The minimum Gasteiger partial charge on any atom is -0.378 e. The molecular formula is C19H19N. The Hall–Kier alpha value is -2.20. The summed E-state index contributed by atoms with van der Waals surface area (Å²) in [5.74, 6) is 3.34. The van der Waals surface area contributed by atoms with Crippen LogP contribution in [0.2, 0.25) is 0 Å². The fraction of sp³-hybridized carbons (Fsp3) is 0.263. The SMILES string of the molecule is C#Cc1cccc(NC2CCC(C)c3ccccc32)c1. The highest BCUT2D eigenvalue weighted by molar-refractivity contribution is 5.52. The van der Waals surface area contributed by atoms with Crippen molar-refractivity contribution in [3.05, 3.63) is 65.2 Å².